The maximum atomic E-state index is 12.8. The van der Waals surface area contributed by atoms with Gasteiger partial charge in [-0.2, -0.15) is 0 Å². The van der Waals surface area contributed by atoms with Gasteiger partial charge in [-0.05, 0) is 36.5 Å². The zero-order valence-corrected chi connectivity index (χ0v) is 15.2. The van der Waals surface area contributed by atoms with Gasteiger partial charge in [-0.25, -0.2) is 0 Å². The van der Waals surface area contributed by atoms with E-state index in [-0.39, 0.29) is 24.3 Å². The Morgan fingerprint density at radius 1 is 1.08 bits per heavy atom. The van der Waals surface area contributed by atoms with Gasteiger partial charge in [0.15, 0.2) is 0 Å². The van der Waals surface area contributed by atoms with Gasteiger partial charge in [-0.1, -0.05) is 55.5 Å². The molecule has 1 saturated heterocycles. The number of rotatable bonds is 5. The number of nitrogens with one attached hydrogen (secondary N) is 1. The van der Waals surface area contributed by atoms with Crippen molar-refractivity contribution in [3.63, 3.8) is 0 Å². The van der Waals surface area contributed by atoms with Crippen LogP contribution < -0.4 is 5.32 Å². The number of likely N-dealkylation sites (tertiary alicyclic amines) is 1. The van der Waals surface area contributed by atoms with Crippen LogP contribution in [0.2, 0.25) is 0 Å². The van der Waals surface area contributed by atoms with Crippen LogP contribution in [0.3, 0.4) is 0 Å². The number of hydrogen-bond acceptors (Lipinski definition) is 2. The SMILES string of the molecule is C[C@H]1CCCN(C(=O)C[C@@H](NC(=O)c2ccccc2)c2ccccc2)C1. The highest BCUT2D eigenvalue weighted by atomic mass is 16.2. The Morgan fingerprint density at radius 3 is 2.38 bits per heavy atom. The molecule has 1 aliphatic rings. The average Bonchev–Trinajstić information content (AvgIpc) is 2.68. The van der Waals surface area contributed by atoms with Crippen LogP contribution in [0.4, 0.5) is 0 Å². The third kappa shape index (κ3) is 4.72. The van der Waals surface area contributed by atoms with Gasteiger partial charge in [0.1, 0.15) is 0 Å². The third-order valence-electron chi connectivity index (χ3n) is 4.93. The molecule has 2 atom stereocenters. The monoisotopic (exact) mass is 350 g/mol. The summed E-state index contributed by atoms with van der Waals surface area (Å²) >= 11 is 0. The molecule has 4 heteroatoms. The molecule has 2 amide bonds. The van der Waals surface area contributed by atoms with Crippen LogP contribution in [0.15, 0.2) is 60.7 Å². The third-order valence-corrected chi connectivity index (χ3v) is 4.93. The summed E-state index contributed by atoms with van der Waals surface area (Å²) in [5.41, 5.74) is 1.56. The predicted molar refractivity (Wildman–Crippen MR) is 103 cm³/mol. The van der Waals surface area contributed by atoms with Crippen molar-refractivity contribution in [2.24, 2.45) is 5.92 Å². The molecule has 136 valence electrons. The van der Waals surface area contributed by atoms with Gasteiger partial charge in [-0.15, -0.1) is 0 Å². The van der Waals surface area contributed by atoms with Gasteiger partial charge in [-0.3, -0.25) is 9.59 Å². The molecule has 1 fully saturated rings. The number of amides is 2. The normalized spacial score (nSPS) is 18.2. The number of hydrogen-bond donors (Lipinski definition) is 1. The Bertz CT molecular complexity index is 730. The Morgan fingerprint density at radius 2 is 1.73 bits per heavy atom. The molecule has 0 aromatic heterocycles. The lowest BCUT2D eigenvalue weighted by atomic mass is 9.98. The summed E-state index contributed by atoms with van der Waals surface area (Å²) in [6, 6.07) is 18.5. The van der Waals surface area contributed by atoms with Gasteiger partial charge >= 0.3 is 0 Å². The fraction of sp³-hybridized carbons (Fsp3) is 0.364. The number of piperidine rings is 1. The first-order chi connectivity index (χ1) is 12.6. The van der Waals surface area contributed by atoms with E-state index >= 15 is 0 Å². The molecule has 0 aliphatic carbocycles. The quantitative estimate of drug-likeness (QED) is 0.891. The highest BCUT2D eigenvalue weighted by molar-refractivity contribution is 5.94. The number of nitrogens with zero attached hydrogens (tertiary/aromatic N) is 1. The van der Waals surface area contributed by atoms with Crippen LogP contribution >= 0.6 is 0 Å². The topological polar surface area (TPSA) is 49.4 Å². The summed E-state index contributed by atoms with van der Waals surface area (Å²) in [5.74, 6) is 0.500. The molecule has 1 heterocycles. The van der Waals surface area contributed by atoms with Crippen molar-refractivity contribution in [3.8, 4) is 0 Å². The lowest BCUT2D eigenvalue weighted by molar-refractivity contribution is -0.133. The van der Waals surface area contributed by atoms with E-state index in [1.165, 1.54) is 6.42 Å². The van der Waals surface area contributed by atoms with Crippen LogP contribution in [-0.2, 0) is 4.79 Å². The summed E-state index contributed by atoms with van der Waals surface area (Å²) in [4.78, 5) is 27.4. The minimum absolute atomic E-state index is 0.110. The molecule has 0 bridgehead atoms. The first-order valence-electron chi connectivity index (χ1n) is 9.32. The molecule has 0 spiro atoms. The van der Waals surface area contributed by atoms with E-state index in [9.17, 15) is 9.59 Å². The molecule has 0 radical (unpaired) electrons. The summed E-state index contributed by atoms with van der Waals surface area (Å²) in [7, 11) is 0. The summed E-state index contributed by atoms with van der Waals surface area (Å²) < 4.78 is 0. The minimum Gasteiger partial charge on any atom is -0.345 e. The Hall–Kier alpha value is -2.62. The van der Waals surface area contributed by atoms with Crippen molar-refractivity contribution in [2.45, 2.75) is 32.2 Å². The maximum absolute atomic E-state index is 12.8. The summed E-state index contributed by atoms with van der Waals surface area (Å²) in [6.45, 7) is 3.82. The van der Waals surface area contributed by atoms with Crippen molar-refractivity contribution in [1.82, 2.24) is 10.2 Å². The lowest BCUT2D eigenvalue weighted by Gasteiger charge is -2.32. The first kappa shape index (κ1) is 18.2. The Kier molecular flexibility index (Phi) is 6.05. The van der Waals surface area contributed by atoms with Crippen molar-refractivity contribution in [2.75, 3.05) is 13.1 Å². The standard InChI is InChI=1S/C22H26N2O2/c1-17-9-8-14-24(16-17)21(25)15-20(18-10-4-2-5-11-18)23-22(26)19-12-6-3-7-13-19/h2-7,10-13,17,20H,8-9,14-16H2,1H3,(H,23,26)/t17-,20+/m0/s1. The molecular weight excluding hydrogens is 324 g/mol. The molecule has 1 aliphatic heterocycles. The average molecular weight is 350 g/mol. The van der Waals surface area contributed by atoms with E-state index < -0.39 is 0 Å². The minimum atomic E-state index is -0.325. The second-order valence-electron chi connectivity index (χ2n) is 7.09. The zero-order chi connectivity index (χ0) is 18.4. The van der Waals surface area contributed by atoms with Crippen molar-refractivity contribution in [1.29, 1.82) is 0 Å². The molecule has 0 unspecified atom stereocenters. The van der Waals surface area contributed by atoms with Crippen LogP contribution in [0.5, 0.6) is 0 Å². The largest absolute Gasteiger partial charge is 0.345 e. The van der Waals surface area contributed by atoms with Crippen molar-refractivity contribution >= 4 is 11.8 Å². The fourth-order valence-electron chi connectivity index (χ4n) is 3.49. The molecular formula is C22H26N2O2. The van der Waals surface area contributed by atoms with E-state index in [1.54, 1.807) is 12.1 Å². The van der Waals surface area contributed by atoms with Gasteiger partial charge in [0.05, 0.1) is 12.5 Å². The highest BCUT2D eigenvalue weighted by Gasteiger charge is 2.25. The summed E-state index contributed by atoms with van der Waals surface area (Å²) in [6.07, 6.45) is 2.52. The summed E-state index contributed by atoms with van der Waals surface area (Å²) in [5, 5.41) is 3.04. The van der Waals surface area contributed by atoms with Crippen molar-refractivity contribution < 1.29 is 9.59 Å². The Balaban J connectivity index is 1.73. The zero-order valence-electron chi connectivity index (χ0n) is 15.2. The molecule has 2 aromatic rings. The van der Waals surface area contributed by atoms with E-state index in [2.05, 4.69) is 12.2 Å². The second kappa shape index (κ2) is 8.65. The Labute approximate surface area is 155 Å². The maximum Gasteiger partial charge on any atom is 0.251 e. The second-order valence-corrected chi connectivity index (χ2v) is 7.09. The van der Waals surface area contributed by atoms with E-state index in [0.717, 1.165) is 25.1 Å². The van der Waals surface area contributed by atoms with Crippen LogP contribution in [0, 0.1) is 5.92 Å². The van der Waals surface area contributed by atoms with Crippen LogP contribution in [-0.4, -0.2) is 29.8 Å². The van der Waals surface area contributed by atoms with E-state index in [4.69, 9.17) is 0 Å². The van der Waals surface area contributed by atoms with Crippen LogP contribution in [0.1, 0.15) is 48.1 Å². The molecule has 4 nitrogen and oxygen atoms in total. The number of carbonyl (C=O) groups excluding carboxylic acids is 2. The molecule has 1 N–H and O–H groups in total. The number of carbonyl (C=O) groups is 2. The molecule has 2 aromatic carbocycles. The fourth-order valence-corrected chi connectivity index (χ4v) is 3.49. The van der Waals surface area contributed by atoms with Crippen molar-refractivity contribution in [3.05, 3.63) is 71.8 Å². The lowest BCUT2D eigenvalue weighted by Crippen LogP contribution is -2.41. The molecule has 3 rings (SSSR count). The van der Waals surface area contributed by atoms with E-state index in [1.807, 2.05) is 53.4 Å². The van der Waals surface area contributed by atoms with Crippen LogP contribution in [0.25, 0.3) is 0 Å². The molecule has 26 heavy (non-hydrogen) atoms. The first-order valence-corrected chi connectivity index (χ1v) is 9.32. The highest BCUT2D eigenvalue weighted by Crippen LogP contribution is 2.22. The smallest absolute Gasteiger partial charge is 0.251 e. The predicted octanol–water partition coefficient (Wildman–Crippen LogP) is 3.81. The molecule has 0 saturated carbocycles. The van der Waals surface area contributed by atoms with E-state index in [0.29, 0.717) is 11.5 Å². The van der Waals surface area contributed by atoms with Gasteiger partial charge < -0.3 is 10.2 Å². The number of benzene rings is 2. The van der Waals surface area contributed by atoms with Gasteiger partial charge in [0.25, 0.3) is 5.91 Å². The van der Waals surface area contributed by atoms with Gasteiger partial charge in [0, 0.05) is 18.7 Å². The van der Waals surface area contributed by atoms with Gasteiger partial charge in [0.2, 0.25) is 5.91 Å².